The summed E-state index contributed by atoms with van der Waals surface area (Å²) < 4.78 is 52.7. The molecular formula is C19H18F4N2O. The SMILES string of the molecule is O=C(NCc1cccc(-c2cc(C(F)(F)F)ccc2F)c1)[C@@H]1CCCN1. The Kier molecular flexibility index (Phi) is 5.27. The van der Waals surface area contributed by atoms with Crippen molar-refractivity contribution in [2.45, 2.75) is 31.6 Å². The Morgan fingerprint density at radius 1 is 1.19 bits per heavy atom. The molecule has 1 atom stereocenters. The molecule has 3 rings (SSSR count). The Balaban J connectivity index is 1.78. The molecule has 0 aliphatic carbocycles. The van der Waals surface area contributed by atoms with Gasteiger partial charge in [0, 0.05) is 12.1 Å². The summed E-state index contributed by atoms with van der Waals surface area (Å²) in [6.45, 7) is 1.04. The lowest BCUT2D eigenvalue weighted by Crippen LogP contribution is -2.39. The number of carbonyl (C=O) groups is 1. The first kappa shape index (κ1) is 18.4. The number of nitrogens with one attached hydrogen (secondary N) is 2. The number of carbonyl (C=O) groups excluding carboxylic acids is 1. The topological polar surface area (TPSA) is 41.1 Å². The molecule has 2 aromatic rings. The van der Waals surface area contributed by atoms with Crippen LogP contribution in [-0.4, -0.2) is 18.5 Å². The van der Waals surface area contributed by atoms with Crippen LogP contribution in [0.15, 0.2) is 42.5 Å². The third-order valence-electron chi connectivity index (χ3n) is 4.38. The molecular weight excluding hydrogens is 348 g/mol. The van der Waals surface area contributed by atoms with E-state index in [1.165, 1.54) is 0 Å². The van der Waals surface area contributed by atoms with Gasteiger partial charge in [0.25, 0.3) is 0 Å². The van der Waals surface area contributed by atoms with Gasteiger partial charge in [0.05, 0.1) is 11.6 Å². The summed E-state index contributed by atoms with van der Waals surface area (Å²) in [5.41, 5.74) is -0.00428. The Bertz CT molecular complexity index is 798. The van der Waals surface area contributed by atoms with Gasteiger partial charge in [-0.25, -0.2) is 4.39 Å². The van der Waals surface area contributed by atoms with Crippen molar-refractivity contribution in [1.82, 2.24) is 10.6 Å². The number of alkyl halides is 3. The summed E-state index contributed by atoms with van der Waals surface area (Å²) >= 11 is 0. The molecule has 0 unspecified atom stereocenters. The lowest BCUT2D eigenvalue weighted by Gasteiger charge is -2.13. The fourth-order valence-corrected chi connectivity index (χ4v) is 2.99. The molecule has 2 N–H and O–H groups in total. The first-order chi connectivity index (χ1) is 12.3. The van der Waals surface area contributed by atoms with Crippen molar-refractivity contribution in [3.05, 3.63) is 59.4 Å². The molecule has 1 aliphatic heterocycles. The second-order valence-corrected chi connectivity index (χ2v) is 6.26. The maximum atomic E-state index is 14.0. The first-order valence-corrected chi connectivity index (χ1v) is 8.32. The van der Waals surface area contributed by atoms with Crippen LogP contribution >= 0.6 is 0 Å². The van der Waals surface area contributed by atoms with Crippen LogP contribution in [0.3, 0.4) is 0 Å². The number of hydrogen-bond acceptors (Lipinski definition) is 2. The Morgan fingerprint density at radius 2 is 2.00 bits per heavy atom. The summed E-state index contributed by atoms with van der Waals surface area (Å²) in [7, 11) is 0. The molecule has 1 saturated heterocycles. The minimum absolute atomic E-state index is 0.113. The number of halogens is 4. The third kappa shape index (κ3) is 4.22. The zero-order chi connectivity index (χ0) is 18.7. The predicted molar refractivity (Wildman–Crippen MR) is 89.7 cm³/mol. The van der Waals surface area contributed by atoms with E-state index in [0.717, 1.165) is 37.6 Å². The molecule has 1 heterocycles. The molecule has 26 heavy (non-hydrogen) atoms. The summed E-state index contributed by atoms with van der Waals surface area (Å²) in [6.07, 6.45) is -2.81. The molecule has 0 aromatic heterocycles. The number of amides is 1. The molecule has 0 bridgehead atoms. The molecule has 1 aliphatic rings. The normalized spacial score (nSPS) is 17.3. The first-order valence-electron chi connectivity index (χ1n) is 8.32. The number of benzene rings is 2. The summed E-state index contributed by atoms with van der Waals surface area (Å²) in [6, 6.07) is 8.62. The summed E-state index contributed by atoms with van der Waals surface area (Å²) in [4.78, 5) is 12.0. The van der Waals surface area contributed by atoms with Crippen molar-refractivity contribution in [3.63, 3.8) is 0 Å². The van der Waals surface area contributed by atoms with Crippen molar-refractivity contribution >= 4 is 5.91 Å². The highest BCUT2D eigenvalue weighted by molar-refractivity contribution is 5.82. The smallest absolute Gasteiger partial charge is 0.351 e. The second kappa shape index (κ2) is 7.45. The molecule has 7 heteroatoms. The quantitative estimate of drug-likeness (QED) is 0.807. The minimum Gasteiger partial charge on any atom is -0.351 e. The van der Waals surface area contributed by atoms with Crippen LogP contribution < -0.4 is 10.6 Å². The molecule has 1 amide bonds. The van der Waals surface area contributed by atoms with Gasteiger partial charge >= 0.3 is 6.18 Å². The molecule has 0 radical (unpaired) electrons. The average molecular weight is 366 g/mol. The Labute approximate surface area is 148 Å². The molecule has 0 spiro atoms. The highest BCUT2D eigenvalue weighted by Crippen LogP contribution is 2.33. The van der Waals surface area contributed by atoms with Gasteiger partial charge in [0.1, 0.15) is 5.82 Å². The maximum absolute atomic E-state index is 14.0. The second-order valence-electron chi connectivity index (χ2n) is 6.26. The number of rotatable bonds is 4. The van der Waals surface area contributed by atoms with E-state index in [1.54, 1.807) is 24.3 Å². The fraction of sp³-hybridized carbons (Fsp3) is 0.316. The van der Waals surface area contributed by atoms with Crippen LogP contribution in [0.25, 0.3) is 11.1 Å². The third-order valence-corrected chi connectivity index (χ3v) is 4.38. The minimum atomic E-state index is -4.54. The molecule has 0 saturated carbocycles. The van der Waals surface area contributed by atoms with Gasteiger partial charge in [-0.15, -0.1) is 0 Å². The lowest BCUT2D eigenvalue weighted by atomic mass is 10.00. The van der Waals surface area contributed by atoms with Gasteiger partial charge in [-0.3, -0.25) is 4.79 Å². The van der Waals surface area contributed by atoms with E-state index in [1.807, 2.05) is 0 Å². The van der Waals surface area contributed by atoms with E-state index in [-0.39, 0.29) is 24.1 Å². The van der Waals surface area contributed by atoms with Crippen LogP contribution in [0.4, 0.5) is 17.6 Å². The van der Waals surface area contributed by atoms with Crippen LogP contribution in [-0.2, 0) is 17.5 Å². The fourth-order valence-electron chi connectivity index (χ4n) is 2.99. The van der Waals surface area contributed by atoms with Gasteiger partial charge < -0.3 is 10.6 Å². The molecule has 2 aromatic carbocycles. The highest BCUT2D eigenvalue weighted by Gasteiger charge is 2.31. The Hall–Kier alpha value is -2.41. The van der Waals surface area contributed by atoms with Crippen molar-refractivity contribution in [2.75, 3.05) is 6.54 Å². The van der Waals surface area contributed by atoms with Crippen molar-refractivity contribution in [2.24, 2.45) is 0 Å². The van der Waals surface area contributed by atoms with Crippen LogP contribution in [0.1, 0.15) is 24.0 Å². The van der Waals surface area contributed by atoms with E-state index in [4.69, 9.17) is 0 Å². The van der Waals surface area contributed by atoms with Gasteiger partial charge in [-0.2, -0.15) is 13.2 Å². The van der Waals surface area contributed by atoms with Gasteiger partial charge in [-0.05, 0) is 54.8 Å². The van der Waals surface area contributed by atoms with E-state index >= 15 is 0 Å². The monoisotopic (exact) mass is 366 g/mol. The van der Waals surface area contributed by atoms with E-state index < -0.39 is 17.6 Å². The van der Waals surface area contributed by atoms with E-state index in [2.05, 4.69) is 10.6 Å². The lowest BCUT2D eigenvalue weighted by molar-refractivity contribution is -0.137. The van der Waals surface area contributed by atoms with Crippen LogP contribution in [0.2, 0.25) is 0 Å². The van der Waals surface area contributed by atoms with E-state index in [0.29, 0.717) is 11.1 Å². The predicted octanol–water partition coefficient (Wildman–Crippen LogP) is 3.88. The standard InChI is InChI=1S/C19H18F4N2O/c20-16-7-6-14(19(21,22)23)10-15(16)13-4-1-3-12(9-13)11-25-18(26)17-5-2-8-24-17/h1,3-4,6-7,9-10,17,24H,2,5,8,11H2,(H,25,26)/t17-/m0/s1. The zero-order valence-electron chi connectivity index (χ0n) is 13.9. The van der Waals surface area contributed by atoms with Crippen LogP contribution in [0, 0.1) is 5.82 Å². The summed E-state index contributed by atoms with van der Waals surface area (Å²) in [5.74, 6) is -0.840. The Morgan fingerprint density at radius 3 is 2.69 bits per heavy atom. The molecule has 1 fully saturated rings. The van der Waals surface area contributed by atoms with Crippen molar-refractivity contribution < 1.29 is 22.4 Å². The average Bonchev–Trinajstić information content (AvgIpc) is 3.14. The van der Waals surface area contributed by atoms with Crippen molar-refractivity contribution in [3.8, 4) is 11.1 Å². The summed E-state index contributed by atoms with van der Waals surface area (Å²) in [5, 5.41) is 5.88. The zero-order valence-corrected chi connectivity index (χ0v) is 13.9. The van der Waals surface area contributed by atoms with Crippen molar-refractivity contribution in [1.29, 1.82) is 0 Å². The molecule has 138 valence electrons. The molecule has 3 nitrogen and oxygen atoms in total. The van der Waals surface area contributed by atoms with Gasteiger partial charge in [0.2, 0.25) is 5.91 Å². The number of hydrogen-bond donors (Lipinski definition) is 2. The maximum Gasteiger partial charge on any atom is 0.416 e. The highest BCUT2D eigenvalue weighted by atomic mass is 19.4. The van der Waals surface area contributed by atoms with Gasteiger partial charge in [0.15, 0.2) is 0 Å². The van der Waals surface area contributed by atoms with Crippen LogP contribution in [0.5, 0.6) is 0 Å². The largest absolute Gasteiger partial charge is 0.416 e. The van der Waals surface area contributed by atoms with Gasteiger partial charge in [-0.1, -0.05) is 18.2 Å². The van der Waals surface area contributed by atoms with E-state index in [9.17, 15) is 22.4 Å².